The molecule has 0 atom stereocenters. The molecule has 1 heterocycles. The van der Waals surface area contributed by atoms with Gasteiger partial charge in [0.25, 0.3) is 11.5 Å². The maximum absolute atomic E-state index is 12.6. The van der Waals surface area contributed by atoms with Gasteiger partial charge in [-0.3, -0.25) is 14.2 Å². The number of rotatable bonds is 6. The Bertz CT molecular complexity index is 1100. The Labute approximate surface area is 159 Å². The summed E-state index contributed by atoms with van der Waals surface area (Å²) in [6.07, 6.45) is 6.64. The van der Waals surface area contributed by atoms with Crippen LogP contribution in [0.4, 0.5) is 5.69 Å². The molecule has 1 amide bonds. The summed E-state index contributed by atoms with van der Waals surface area (Å²) in [5.74, 6) is 1.65. The summed E-state index contributed by atoms with van der Waals surface area (Å²) >= 11 is 1.05. The third-order valence-electron chi connectivity index (χ3n) is 3.61. The van der Waals surface area contributed by atoms with Crippen LogP contribution in [0, 0.1) is 23.7 Å². The maximum Gasteiger partial charge on any atom is 0.270 e. The summed E-state index contributed by atoms with van der Waals surface area (Å²) in [5, 5.41) is 24.0. The van der Waals surface area contributed by atoms with Gasteiger partial charge in [-0.2, -0.15) is 5.26 Å². The quantitative estimate of drug-likeness (QED) is 0.595. The molecule has 0 fully saturated rings. The van der Waals surface area contributed by atoms with E-state index in [0.29, 0.717) is 16.8 Å². The van der Waals surface area contributed by atoms with E-state index in [1.54, 1.807) is 31.2 Å². The van der Waals surface area contributed by atoms with E-state index in [9.17, 15) is 20.0 Å². The molecule has 7 nitrogen and oxygen atoms in total. The highest BCUT2D eigenvalue weighted by Gasteiger charge is 2.14. The molecule has 0 aliphatic heterocycles. The second kappa shape index (κ2) is 9.39. The Kier molecular flexibility index (Phi) is 6.95. The zero-order chi connectivity index (χ0) is 19.8. The number of hydrogen-bond donors (Lipinski definition) is 3. The third kappa shape index (κ3) is 4.64. The van der Waals surface area contributed by atoms with Gasteiger partial charge >= 0.3 is 0 Å². The second-order valence-electron chi connectivity index (χ2n) is 5.34. The van der Waals surface area contributed by atoms with Crippen molar-refractivity contribution < 1.29 is 9.90 Å². The molecule has 0 aliphatic carbocycles. The molecule has 138 valence electrons. The molecule has 1 aromatic carbocycles. The minimum absolute atomic E-state index is 0.00647. The Balaban J connectivity index is 2.53. The predicted octanol–water partition coefficient (Wildman–Crippen LogP) is -0.304. The number of thiazole rings is 1. The number of hydrogen-bond acceptors (Lipinski definition) is 6. The predicted molar refractivity (Wildman–Crippen MR) is 105 cm³/mol. The van der Waals surface area contributed by atoms with Crippen LogP contribution in [0.2, 0.25) is 0 Å². The van der Waals surface area contributed by atoms with Crippen molar-refractivity contribution in [3.8, 4) is 18.4 Å². The number of aliphatic hydroxyl groups excluding tert-OH is 1. The molecule has 0 saturated carbocycles. The Morgan fingerprint density at radius 2 is 2.26 bits per heavy atom. The highest BCUT2D eigenvalue weighted by Crippen LogP contribution is 2.10. The average Bonchev–Trinajstić information content (AvgIpc) is 3.00. The second-order valence-corrected chi connectivity index (χ2v) is 6.37. The number of aromatic nitrogens is 1. The van der Waals surface area contributed by atoms with E-state index >= 15 is 0 Å². The summed E-state index contributed by atoms with van der Waals surface area (Å²) in [6.45, 7) is 1.97. The molecule has 0 unspecified atom stereocenters. The van der Waals surface area contributed by atoms with Crippen LogP contribution in [-0.4, -0.2) is 22.1 Å². The number of benzene rings is 1. The Morgan fingerprint density at radius 1 is 1.48 bits per heavy atom. The van der Waals surface area contributed by atoms with Crippen molar-refractivity contribution in [1.82, 2.24) is 9.88 Å². The highest BCUT2D eigenvalue weighted by atomic mass is 32.1. The molecule has 3 N–H and O–H groups in total. The lowest BCUT2D eigenvalue weighted by Crippen LogP contribution is -2.34. The van der Waals surface area contributed by atoms with Gasteiger partial charge < -0.3 is 15.7 Å². The van der Waals surface area contributed by atoms with Gasteiger partial charge in [0.2, 0.25) is 0 Å². The zero-order valence-electron chi connectivity index (χ0n) is 14.7. The average molecular weight is 382 g/mol. The first kappa shape index (κ1) is 20.0. The number of carbonyl (C=O) groups is 1. The van der Waals surface area contributed by atoms with Crippen LogP contribution in [0.25, 0.3) is 11.8 Å². The van der Waals surface area contributed by atoms with Crippen molar-refractivity contribution in [3.05, 3.63) is 49.4 Å². The van der Waals surface area contributed by atoms with Crippen LogP contribution in [0.5, 0.6) is 0 Å². The largest absolute Gasteiger partial charge is 0.392 e. The van der Waals surface area contributed by atoms with Crippen LogP contribution in [0.3, 0.4) is 0 Å². The number of carbonyl (C=O) groups excluding carboxylic acids is 1. The van der Waals surface area contributed by atoms with Gasteiger partial charge in [0.15, 0.2) is 5.57 Å². The van der Waals surface area contributed by atoms with Crippen molar-refractivity contribution >= 4 is 34.7 Å². The van der Waals surface area contributed by atoms with E-state index < -0.39 is 5.91 Å². The monoisotopic (exact) mass is 382 g/mol. The van der Waals surface area contributed by atoms with E-state index in [1.807, 2.05) is 6.07 Å². The number of aliphatic hydroxyl groups is 1. The first-order chi connectivity index (χ1) is 13.0. The normalized spacial score (nSPS) is 12.1. The van der Waals surface area contributed by atoms with Crippen LogP contribution >= 0.6 is 11.3 Å². The van der Waals surface area contributed by atoms with Crippen LogP contribution in [0.1, 0.15) is 12.5 Å². The van der Waals surface area contributed by atoms with Gasteiger partial charge in [0.05, 0.1) is 13.2 Å². The highest BCUT2D eigenvalue weighted by molar-refractivity contribution is 7.07. The lowest BCUT2D eigenvalue weighted by molar-refractivity contribution is -0.115. The van der Waals surface area contributed by atoms with Crippen LogP contribution in [0.15, 0.2) is 29.1 Å². The summed E-state index contributed by atoms with van der Waals surface area (Å²) < 4.78 is 1.99. The zero-order valence-corrected chi connectivity index (χ0v) is 15.5. The Morgan fingerprint density at radius 3 is 2.89 bits per heavy atom. The number of nitriles is 1. The molecule has 0 saturated heterocycles. The SMILES string of the molecule is C#CCNC(=O)/C(C#N)=c1\s/c(=C/Nc2cccc(CO)c2)c(=O)n1CC. The first-order valence-electron chi connectivity index (χ1n) is 8.07. The van der Waals surface area contributed by atoms with Crippen molar-refractivity contribution in [2.75, 3.05) is 11.9 Å². The molecule has 27 heavy (non-hydrogen) atoms. The number of terminal acetylenes is 1. The number of anilines is 1. The third-order valence-corrected chi connectivity index (χ3v) is 4.74. The minimum Gasteiger partial charge on any atom is -0.392 e. The smallest absolute Gasteiger partial charge is 0.270 e. The fraction of sp³-hybridized carbons (Fsp3) is 0.211. The summed E-state index contributed by atoms with van der Waals surface area (Å²) in [7, 11) is 0. The van der Waals surface area contributed by atoms with Gasteiger partial charge in [-0.1, -0.05) is 18.1 Å². The molecule has 8 heteroatoms. The number of nitrogens with zero attached hydrogens (tertiary/aromatic N) is 2. The van der Waals surface area contributed by atoms with Crippen LogP contribution in [-0.2, 0) is 17.9 Å². The summed E-state index contributed by atoms with van der Waals surface area (Å²) in [5.41, 5.74) is 0.976. The molecule has 0 spiro atoms. The first-order valence-corrected chi connectivity index (χ1v) is 8.89. The van der Waals surface area contributed by atoms with E-state index in [4.69, 9.17) is 6.42 Å². The van der Waals surface area contributed by atoms with Gasteiger partial charge in [-0.05, 0) is 24.6 Å². The molecule has 0 radical (unpaired) electrons. The topological polar surface area (TPSA) is 107 Å². The molecular weight excluding hydrogens is 364 g/mol. The summed E-state index contributed by atoms with van der Waals surface area (Å²) in [6, 6.07) is 8.96. The minimum atomic E-state index is -0.617. The fourth-order valence-electron chi connectivity index (χ4n) is 2.32. The summed E-state index contributed by atoms with van der Waals surface area (Å²) in [4.78, 5) is 24.7. The van der Waals surface area contributed by atoms with Crippen molar-refractivity contribution in [2.45, 2.75) is 20.1 Å². The molecule has 2 aromatic rings. The molecule has 1 aromatic heterocycles. The van der Waals surface area contributed by atoms with Crippen molar-refractivity contribution in [1.29, 1.82) is 5.26 Å². The van der Waals surface area contributed by atoms with E-state index in [-0.39, 0.29) is 28.9 Å². The van der Waals surface area contributed by atoms with E-state index in [1.165, 1.54) is 10.8 Å². The molecule has 0 aliphatic rings. The lowest BCUT2D eigenvalue weighted by atomic mass is 10.2. The van der Waals surface area contributed by atoms with Gasteiger partial charge in [-0.25, -0.2) is 0 Å². The lowest BCUT2D eigenvalue weighted by Gasteiger charge is -2.01. The van der Waals surface area contributed by atoms with Crippen LogP contribution < -0.4 is 25.4 Å². The molecular formula is C19H18N4O3S. The van der Waals surface area contributed by atoms with Gasteiger partial charge in [0.1, 0.15) is 15.3 Å². The number of nitrogens with one attached hydrogen (secondary N) is 2. The van der Waals surface area contributed by atoms with Crippen molar-refractivity contribution in [2.24, 2.45) is 0 Å². The number of amides is 1. The molecule has 2 rings (SSSR count). The van der Waals surface area contributed by atoms with Crippen molar-refractivity contribution in [3.63, 3.8) is 0 Å². The van der Waals surface area contributed by atoms with Gasteiger partial charge in [0, 0.05) is 18.4 Å². The van der Waals surface area contributed by atoms with E-state index in [0.717, 1.165) is 16.9 Å². The van der Waals surface area contributed by atoms with E-state index in [2.05, 4.69) is 16.6 Å². The fourth-order valence-corrected chi connectivity index (χ4v) is 3.40. The van der Waals surface area contributed by atoms with Gasteiger partial charge in [-0.15, -0.1) is 17.8 Å². The maximum atomic E-state index is 12.6. The standard InChI is InChI=1S/C19H18N4O3S/c1-3-8-21-17(25)15(10-20)19-23(4-2)18(26)16(27-19)11-22-14-7-5-6-13(9-14)12-24/h1,5-7,9,11,22,24H,4,8,12H2,2H3,(H,21,25)/b16-11+,19-15-. The Hall–Kier alpha value is -3.33. The molecule has 0 bridgehead atoms.